The van der Waals surface area contributed by atoms with E-state index < -0.39 is 0 Å². The molecule has 1 fully saturated rings. The average Bonchev–Trinajstić information content (AvgIpc) is 3.54. The Morgan fingerprint density at radius 2 is 2.12 bits per heavy atom. The smallest absolute Gasteiger partial charge is 0.309 e. The van der Waals surface area contributed by atoms with E-state index in [1.165, 1.54) is 15.9 Å². The predicted molar refractivity (Wildman–Crippen MR) is 124 cm³/mol. The van der Waals surface area contributed by atoms with Gasteiger partial charge in [-0.15, -0.1) is 5.10 Å². The fraction of sp³-hybridized carbons (Fsp3) is 0.375. The van der Waals surface area contributed by atoms with Gasteiger partial charge in [-0.2, -0.15) is 9.50 Å². The lowest BCUT2D eigenvalue weighted by Crippen LogP contribution is -2.39. The molecule has 3 aromatic heterocycles. The van der Waals surface area contributed by atoms with Crippen molar-refractivity contribution in [2.45, 2.75) is 32.7 Å². The molecule has 0 aliphatic carbocycles. The molecule has 1 saturated heterocycles. The van der Waals surface area contributed by atoms with E-state index in [0.717, 1.165) is 41.9 Å². The lowest BCUT2D eigenvalue weighted by molar-refractivity contribution is -0.149. The number of fused-ring (bicyclic) bond motifs is 1. The summed E-state index contributed by atoms with van der Waals surface area (Å²) in [6, 6.07) is 11.7. The Labute approximate surface area is 195 Å². The van der Waals surface area contributed by atoms with Gasteiger partial charge in [0.1, 0.15) is 0 Å². The molecule has 1 atom stereocenters. The minimum Gasteiger partial charge on any atom is -0.492 e. The summed E-state index contributed by atoms with van der Waals surface area (Å²) in [5.74, 6) is 0.889. The second-order valence-electron chi connectivity index (χ2n) is 8.28. The topological polar surface area (TPSA) is 93.1 Å². The highest BCUT2D eigenvalue weighted by Crippen LogP contribution is 2.42. The molecule has 0 saturated carbocycles. The SMILES string of the molecule is CCOC(=O)C1CCN([C@H](c2cccc(C)c2)c2sc3nc(-c4ccco4)nn3c2O)CC1. The summed E-state index contributed by atoms with van der Waals surface area (Å²) in [6.45, 7) is 5.76. The molecule has 1 aromatic carbocycles. The first-order chi connectivity index (χ1) is 16.0. The van der Waals surface area contributed by atoms with Crippen molar-refractivity contribution in [3.8, 4) is 17.5 Å². The van der Waals surface area contributed by atoms with E-state index in [1.54, 1.807) is 18.4 Å². The maximum atomic E-state index is 12.2. The fourth-order valence-corrected chi connectivity index (χ4v) is 5.58. The van der Waals surface area contributed by atoms with Gasteiger partial charge >= 0.3 is 5.97 Å². The number of rotatable bonds is 6. The highest BCUT2D eigenvalue weighted by Gasteiger charge is 2.34. The summed E-state index contributed by atoms with van der Waals surface area (Å²) in [5, 5.41) is 15.6. The van der Waals surface area contributed by atoms with Gasteiger partial charge in [-0.3, -0.25) is 9.69 Å². The van der Waals surface area contributed by atoms with Crippen LogP contribution >= 0.6 is 11.3 Å². The first-order valence-corrected chi connectivity index (χ1v) is 12.0. The standard InChI is InChI=1S/C24H26N4O4S/c1-3-31-23(30)16-9-11-27(12-10-16)19(17-7-4-6-15(2)14-17)20-22(29)28-24(33-20)25-21(26-28)18-8-5-13-32-18/h4-8,13-14,16,19,29H,3,9-12H2,1-2H3/t19-/m1/s1. The molecule has 9 heteroatoms. The van der Waals surface area contributed by atoms with Crippen LogP contribution < -0.4 is 0 Å². The van der Waals surface area contributed by atoms with Crippen molar-refractivity contribution in [3.63, 3.8) is 0 Å². The third-order valence-electron chi connectivity index (χ3n) is 6.06. The zero-order valence-corrected chi connectivity index (χ0v) is 19.4. The number of ether oxygens (including phenoxy) is 1. The Balaban J connectivity index is 1.49. The molecular formula is C24H26N4O4S. The first-order valence-electron chi connectivity index (χ1n) is 11.1. The van der Waals surface area contributed by atoms with Crippen molar-refractivity contribution in [2.24, 2.45) is 5.92 Å². The molecule has 1 N–H and O–H groups in total. The number of thiazole rings is 1. The molecule has 4 heterocycles. The van der Waals surface area contributed by atoms with Crippen LogP contribution in [0.5, 0.6) is 5.88 Å². The number of nitrogens with zero attached hydrogens (tertiary/aromatic N) is 4. The lowest BCUT2D eigenvalue weighted by Gasteiger charge is -2.36. The van der Waals surface area contributed by atoms with E-state index in [9.17, 15) is 9.90 Å². The van der Waals surface area contributed by atoms with Gasteiger partial charge in [0, 0.05) is 0 Å². The van der Waals surface area contributed by atoms with E-state index in [4.69, 9.17) is 9.15 Å². The minimum absolute atomic E-state index is 0.0777. The number of furan rings is 1. The number of hydrogen-bond acceptors (Lipinski definition) is 8. The van der Waals surface area contributed by atoms with Crippen LogP contribution in [0.1, 0.15) is 41.8 Å². The summed E-state index contributed by atoms with van der Waals surface area (Å²) in [5.41, 5.74) is 2.24. The number of carbonyl (C=O) groups is 1. The van der Waals surface area contributed by atoms with Crippen LogP contribution in [0.25, 0.3) is 16.5 Å². The summed E-state index contributed by atoms with van der Waals surface area (Å²) in [6.07, 6.45) is 3.03. The minimum atomic E-state index is -0.159. The molecule has 1 aliphatic rings. The highest BCUT2D eigenvalue weighted by molar-refractivity contribution is 7.17. The van der Waals surface area contributed by atoms with Crippen LogP contribution in [0.15, 0.2) is 47.1 Å². The third-order valence-corrected chi connectivity index (χ3v) is 7.13. The molecule has 8 nitrogen and oxygen atoms in total. The van der Waals surface area contributed by atoms with Gasteiger partial charge in [0.2, 0.25) is 16.7 Å². The quantitative estimate of drug-likeness (QED) is 0.420. The lowest BCUT2D eigenvalue weighted by atomic mass is 9.93. The second kappa shape index (κ2) is 8.99. The van der Waals surface area contributed by atoms with Gasteiger partial charge < -0.3 is 14.3 Å². The molecule has 0 bridgehead atoms. The Morgan fingerprint density at radius 3 is 2.79 bits per heavy atom. The maximum absolute atomic E-state index is 12.2. The number of aromatic hydroxyl groups is 1. The number of esters is 1. The fourth-order valence-electron chi connectivity index (χ4n) is 4.46. The number of carbonyl (C=O) groups excluding carboxylic acids is 1. The van der Waals surface area contributed by atoms with Gasteiger partial charge in [-0.05, 0) is 57.5 Å². The Kier molecular flexibility index (Phi) is 5.90. The van der Waals surface area contributed by atoms with Crippen LogP contribution in [-0.2, 0) is 9.53 Å². The normalized spacial score (nSPS) is 16.3. The van der Waals surface area contributed by atoms with Crippen molar-refractivity contribution in [1.29, 1.82) is 0 Å². The van der Waals surface area contributed by atoms with Gasteiger partial charge in [-0.25, -0.2) is 0 Å². The largest absolute Gasteiger partial charge is 0.492 e. The van der Waals surface area contributed by atoms with E-state index in [2.05, 4.69) is 40.1 Å². The van der Waals surface area contributed by atoms with Crippen molar-refractivity contribution >= 4 is 22.3 Å². The number of piperidine rings is 1. The Bertz CT molecular complexity index is 1250. The third kappa shape index (κ3) is 4.14. The van der Waals surface area contributed by atoms with Gasteiger partial charge in [0.15, 0.2) is 5.76 Å². The zero-order valence-electron chi connectivity index (χ0n) is 18.6. The van der Waals surface area contributed by atoms with Crippen LogP contribution in [0.4, 0.5) is 0 Å². The molecule has 1 aliphatic heterocycles. The summed E-state index contributed by atoms with van der Waals surface area (Å²) >= 11 is 1.42. The molecule has 0 unspecified atom stereocenters. The van der Waals surface area contributed by atoms with E-state index >= 15 is 0 Å². The Hall–Kier alpha value is -3.17. The average molecular weight is 467 g/mol. The number of hydrogen-bond donors (Lipinski definition) is 1. The predicted octanol–water partition coefficient (Wildman–Crippen LogP) is 4.43. The van der Waals surface area contributed by atoms with Gasteiger partial charge in [0.05, 0.1) is 29.7 Å². The van der Waals surface area contributed by atoms with Crippen LogP contribution in [0.2, 0.25) is 0 Å². The number of aryl methyl sites for hydroxylation is 1. The maximum Gasteiger partial charge on any atom is 0.309 e. The molecule has 0 amide bonds. The van der Waals surface area contributed by atoms with Crippen molar-refractivity contribution in [2.75, 3.05) is 19.7 Å². The second-order valence-corrected chi connectivity index (χ2v) is 9.29. The molecular weight excluding hydrogens is 440 g/mol. The molecule has 4 aromatic rings. The van der Waals surface area contributed by atoms with Gasteiger partial charge in [-0.1, -0.05) is 41.2 Å². The molecule has 0 spiro atoms. The van der Waals surface area contributed by atoms with Crippen molar-refractivity contribution < 1.29 is 19.1 Å². The molecule has 5 rings (SSSR count). The van der Waals surface area contributed by atoms with E-state index in [0.29, 0.717) is 23.2 Å². The summed E-state index contributed by atoms with van der Waals surface area (Å²) in [4.78, 5) is 20.5. The summed E-state index contributed by atoms with van der Waals surface area (Å²) in [7, 11) is 0. The van der Waals surface area contributed by atoms with Crippen LogP contribution in [0, 0.1) is 12.8 Å². The highest BCUT2D eigenvalue weighted by atomic mass is 32.1. The first kappa shape index (κ1) is 21.7. The number of likely N-dealkylation sites (tertiary alicyclic amines) is 1. The molecule has 172 valence electrons. The number of aromatic nitrogens is 3. The van der Waals surface area contributed by atoms with Crippen LogP contribution in [-0.4, -0.2) is 50.3 Å². The van der Waals surface area contributed by atoms with Gasteiger partial charge in [0.25, 0.3) is 0 Å². The molecule has 0 radical (unpaired) electrons. The number of benzene rings is 1. The van der Waals surface area contributed by atoms with E-state index in [1.807, 2.05) is 13.0 Å². The van der Waals surface area contributed by atoms with Crippen molar-refractivity contribution in [3.05, 3.63) is 58.7 Å². The van der Waals surface area contributed by atoms with E-state index in [-0.39, 0.29) is 23.8 Å². The zero-order chi connectivity index (χ0) is 22.9. The summed E-state index contributed by atoms with van der Waals surface area (Å²) < 4.78 is 12.1. The molecule has 33 heavy (non-hydrogen) atoms. The van der Waals surface area contributed by atoms with Crippen LogP contribution in [0.3, 0.4) is 0 Å². The Morgan fingerprint density at radius 1 is 1.30 bits per heavy atom. The van der Waals surface area contributed by atoms with Crippen molar-refractivity contribution in [1.82, 2.24) is 19.5 Å². The monoisotopic (exact) mass is 466 g/mol.